The first-order valence-electron chi connectivity index (χ1n) is 6.22. The first-order valence-corrected chi connectivity index (χ1v) is 7.14. The van der Waals surface area contributed by atoms with Crippen molar-refractivity contribution >= 4 is 27.6 Å². The lowest BCUT2D eigenvalue weighted by Crippen LogP contribution is -2.50. The molecule has 2 aliphatic carbocycles. The summed E-state index contributed by atoms with van der Waals surface area (Å²) in [5, 5.41) is 2.91. The number of hydrogen-bond acceptors (Lipinski definition) is 2. The zero-order valence-corrected chi connectivity index (χ0v) is 12.5. The van der Waals surface area contributed by atoms with Crippen molar-refractivity contribution in [3.63, 3.8) is 0 Å². The smallest absolute Gasteiger partial charge is 0.228 e. The molecule has 0 aromatic rings. The number of fused-ring (bicyclic) bond motifs is 2. The van der Waals surface area contributed by atoms with Crippen molar-refractivity contribution in [1.82, 2.24) is 5.32 Å². The van der Waals surface area contributed by atoms with Crippen LogP contribution in [0.25, 0.3) is 0 Å². The van der Waals surface area contributed by atoms with Crippen molar-refractivity contribution in [2.75, 3.05) is 6.54 Å². The van der Waals surface area contributed by atoms with Gasteiger partial charge in [0.2, 0.25) is 5.91 Å². The Morgan fingerprint density at radius 2 is 2.00 bits per heavy atom. The summed E-state index contributed by atoms with van der Waals surface area (Å²) in [7, 11) is 0. The standard InChI is InChI=1S/C13H20BrNO2/c1-5-15-10(17)13-7-6-12(4,11(13,2)3)9(16)8(13)14/h8H,5-7H2,1-4H3,(H,15,17)/t8-,12+,13+/m0/s1. The molecule has 0 heterocycles. The largest absolute Gasteiger partial charge is 0.356 e. The summed E-state index contributed by atoms with van der Waals surface area (Å²) in [5.41, 5.74) is -1.23. The fraction of sp³-hybridized carbons (Fsp3) is 0.846. The Labute approximate surface area is 111 Å². The molecule has 0 aliphatic heterocycles. The minimum atomic E-state index is -0.575. The molecule has 17 heavy (non-hydrogen) atoms. The normalized spacial score (nSPS) is 42.9. The van der Waals surface area contributed by atoms with Crippen LogP contribution in [0.4, 0.5) is 0 Å². The van der Waals surface area contributed by atoms with E-state index in [2.05, 4.69) is 35.1 Å². The highest BCUT2D eigenvalue weighted by Crippen LogP contribution is 2.72. The molecule has 2 fully saturated rings. The fourth-order valence-electron chi connectivity index (χ4n) is 3.77. The maximum Gasteiger partial charge on any atom is 0.228 e. The first-order chi connectivity index (χ1) is 7.75. The van der Waals surface area contributed by atoms with Gasteiger partial charge < -0.3 is 5.32 Å². The van der Waals surface area contributed by atoms with Crippen molar-refractivity contribution < 1.29 is 9.59 Å². The molecule has 0 spiro atoms. The second kappa shape index (κ2) is 3.56. The zero-order chi connectivity index (χ0) is 13.1. The quantitative estimate of drug-likeness (QED) is 0.796. The van der Waals surface area contributed by atoms with Gasteiger partial charge in [-0.2, -0.15) is 0 Å². The van der Waals surface area contributed by atoms with Gasteiger partial charge in [0.15, 0.2) is 5.78 Å². The van der Waals surface area contributed by atoms with E-state index in [1.54, 1.807) is 0 Å². The van der Waals surface area contributed by atoms with Crippen LogP contribution in [0.3, 0.4) is 0 Å². The molecule has 0 aromatic heterocycles. The van der Waals surface area contributed by atoms with E-state index in [1.807, 2.05) is 13.8 Å². The fourth-order valence-corrected chi connectivity index (χ4v) is 5.29. The molecule has 2 rings (SSSR count). The van der Waals surface area contributed by atoms with Crippen LogP contribution in [-0.2, 0) is 9.59 Å². The van der Waals surface area contributed by atoms with Crippen LogP contribution in [0.15, 0.2) is 0 Å². The topological polar surface area (TPSA) is 46.2 Å². The Hall–Kier alpha value is -0.380. The number of carbonyl (C=O) groups excluding carboxylic acids is 2. The molecule has 0 radical (unpaired) electrons. The Morgan fingerprint density at radius 3 is 2.41 bits per heavy atom. The van der Waals surface area contributed by atoms with Crippen molar-refractivity contribution in [3.8, 4) is 0 Å². The van der Waals surface area contributed by atoms with E-state index in [0.717, 1.165) is 12.8 Å². The molecule has 96 valence electrons. The number of rotatable bonds is 2. The third kappa shape index (κ3) is 1.18. The molecule has 2 aliphatic rings. The van der Waals surface area contributed by atoms with E-state index in [1.165, 1.54) is 0 Å². The number of ketones is 1. The van der Waals surface area contributed by atoms with Crippen LogP contribution in [0.1, 0.15) is 40.5 Å². The van der Waals surface area contributed by atoms with Gasteiger partial charge in [-0.05, 0) is 25.2 Å². The Morgan fingerprint density at radius 1 is 1.41 bits per heavy atom. The highest BCUT2D eigenvalue weighted by molar-refractivity contribution is 9.10. The van der Waals surface area contributed by atoms with Gasteiger partial charge >= 0.3 is 0 Å². The lowest BCUT2D eigenvalue weighted by molar-refractivity contribution is -0.135. The highest BCUT2D eigenvalue weighted by atomic mass is 79.9. The summed E-state index contributed by atoms with van der Waals surface area (Å²) in [6.45, 7) is 8.66. The second-order valence-corrected chi connectivity index (χ2v) is 6.93. The van der Waals surface area contributed by atoms with E-state index in [9.17, 15) is 9.59 Å². The van der Waals surface area contributed by atoms with Gasteiger partial charge in [0.05, 0.1) is 10.2 Å². The number of carbonyl (C=O) groups is 2. The number of nitrogens with one attached hydrogen (secondary N) is 1. The Bertz CT molecular complexity index is 393. The monoisotopic (exact) mass is 301 g/mol. The van der Waals surface area contributed by atoms with Crippen LogP contribution in [0, 0.1) is 16.2 Å². The molecular formula is C13H20BrNO2. The Kier molecular flexibility index (Phi) is 2.74. The van der Waals surface area contributed by atoms with Gasteiger partial charge in [0, 0.05) is 12.0 Å². The molecule has 4 heteroatoms. The summed E-state index contributed by atoms with van der Waals surface area (Å²) in [6, 6.07) is 0. The Balaban J connectivity index is 2.54. The van der Waals surface area contributed by atoms with Crippen molar-refractivity contribution in [1.29, 1.82) is 0 Å². The van der Waals surface area contributed by atoms with Crippen LogP contribution in [0.5, 0.6) is 0 Å². The summed E-state index contributed by atoms with van der Waals surface area (Å²) >= 11 is 3.49. The molecule has 0 unspecified atom stereocenters. The number of alkyl halides is 1. The average Bonchev–Trinajstić information content (AvgIpc) is 2.52. The highest BCUT2D eigenvalue weighted by Gasteiger charge is 2.76. The van der Waals surface area contributed by atoms with Gasteiger partial charge in [0.25, 0.3) is 0 Å². The summed E-state index contributed by atoms with van der Waals surface area (Å²) in [6.07, 6.45) is 1.61. The minimum absolute atomic E-state index is 0.0291. The van der Waals surface area contributed by atoms with Crippen molar-refractivity contribution in [2.45, 2.75) is 45.4 Å². The van der Waals surface area contributed by atoms with Crippen LogP contribution in [-0.4, -0.2) is 23.1 Å². The zero-order valence-electron chi connectivity index (χ0n) is 10.9. The number of amides is 1. The maximum absolute atomic E-state index is 12.4. The molecule has 1 N–H and O–H groups in total. The summed E-state index contributed by atoms with van der Waals surface area (Å²) < 4.78 is 0. The van der Waals surface area contributed by atoms with Gasteiger partial charge in [-0.25, -0.2) is 0 Å². The predicted octanol–water partition coefficient (Wildman–Crippen LogP) is 2.28. The maximum atomic E-state index is 12.4. The SMILES string of the molecule is CCNC(=O)[C@@]12CC[C@](C)(C(=O)[C@@H]1Br)C2(C)C. The molecular weight excluding hydrogens is 282 g/mol. The van der Waals surface area contributed by atoms with Gasteiger partial charge in [-0.15, -0.1) is 0 Å². The number of hydrogen-bond donors (Lipinski definition) is 1. The van der Waals surface area contributed by atoms with Crippen molar-refractivity contribution in [3.05, 3.63) is 0 Å². The van der Waals surface area contributed by atoms with Crippen molar-refractivity contribution in [2.24, 2.45) is 16.2 Å². The molecule has 2 saturated carbocycles. The number of Topliss-reactive ketones (excluding diaryl/α,β-unsaturated/α-hetero) is 1. The van der Waals surface area contributed by atoms with E-state index in [4.69, 9.17) is 0 Å². The molecule has 0 saturated heterocycles. The molecule has 1 amide bonds. The lowest BCUT2D eigenvalue weighted by Gasteiger charge is -2.39. The second-order valence-electron chi connectivity index (χ2n) is 6.01. The van der Waals surface area contributed by atoms with Gasteiger partial charge in [-0.1, -0.05) is 36.7 Å². The first kappa shape index (κ1) is 13.1. The average molecular weight is 302 g/mol. The van der Waals surface area contributed by atoms with Gasteiger partial charge in [0.1, 0.15) is 0 Å². The molecule has 3 nitrogen and oxygen atoms in total. The molecule has 0 aromatic carbocycles. The summed E-state index contributed by atoms with van der Waals surface area (Å²) in [4.78, 5) is 24.5. The summed E-state index contributed by atoms with van der Waals surface area (Å²) in [5.74, 6) is 0.224. The van der Waals surface area contributed by atoms with Crippen LogP contribution in [0.2, 0.25) is 0 Å². The van der Waals surface area contributed by atoms with E-state index in [-0.39, 0.29) is 27.3 Å². The predicted molar refractivity (Wildman–Crippen MR) is 70.0 cm³/mol. The number of halogens is 1. The molecule has 3 atom stereocenters. The van der Waals surface area contributed by atoms with E-state index >= 15 is 0 Å². The third-order valence-corrected chi connectivity index (χ3v) is 6.66. The third-order valence-electron chi connectivity index (χ3n) is 5.46. The van der Waals surface area contributed by atoms with Crippen LogP contribution >= 0.6 is 15.9 Å². The van der Waals surface area contributed by atoms with E-state index < -0.39 is 5.41 Å². The van der Waals surface area contributed by atoms with Crippen LogP contribution < -0.4 is 5.32 Å². The van der Waals surface area contributed by atoms with E-state index in [0.29, 0.717) is 6.54 Å². The lowest BCUT2D eigenvalue weighted by atomic mass is 9.64. The minimum Gasteiger partial charge on any atom is -0.356 e. The molecule has 2 bridgehead atoms. The van der Waals surface area contributed by atoms with Gasteiger partial charge in [-0.3, -0.25) is 9.59 Å².